The van der Waals surface area contributed by atoms with Gasteiger partial charge in [-0.05, 0) is 44.0 Å². The minimum absolute atomic E-state index is 0.343. The van der Waals surface area contributed by atoms with Crippen LogP contribution in [0.15, 0.2) is 24.3 Å². The molecule has 1 aromatic carbocycles. The van der Waals surface area contributed by atoms with E-state index < -0.39 is 11.9 Å². The van der Waals surface area contributed by atoms with Gasteiger partial charge in [-0.2, -0.15) is 0 Å². The molecule has 0 aromatic heterocycles. The number of rotatable bonds is 4. The van der Waals surface area contributed by atoms with Crippen LogP contribution in [-0.4, -0.2) is 29.7 Å². The fourth-order valence-corrected chi connectivity index (χ4v) is 2.73. The van der Waals surface area contributed by atoms with Gasteiger partial charge < -0.3 is 10.4 Å². The van der Waals surface area contributed by atoms with Gasteiger partial charge in [-0.1, -0.05) is 6.42 Å². The molecule has 0 aliphatic heterocycles. The van der Waals surface area contributed by atoms with Gasteiger partial charge in [-0.3, -0.25) is 9.69 Å². The van der Waals surface area contributed by atoms with Crippen molar-refractivity contribution < 1.29 is 19.1 Å². The molecule has 114 valence electrons. The Morgan fingerprint density at radius 2 is 2.00 bits per heavy atom. The zero-order valence-corrected chi connectivity index (χ0v) is 11.9. The molecule has 2 rings (SSSR count). The molecule has 2 unspecified atom stereocenters. The number of carbonyl (C=O) groups is 2. The number of nitrogens with zero attached hydrogens (tertiary/aromatic N) is 1. The van der Waals surface area contributed by atoms with Crippen molar-refractivity contribution in [3.05, 3.63) is 30.1 Å². The summed E-state index contributed by atoms with van der Waals surface area (Å²) in [5.74, 6) is -1.76. The van der Waals surface area contributed by atoms with E-state index in [9.17, 15) is 14.0 Å². The molecule has 21 heavy (non-hydrogen) atoms. The summed E-state index contributed by atoms with van der Waals surface area (Å²) in [6.45, 7) is 2.23. The maximum absolute atomic E-state index is 12.9. The van der Waals surface area contributed by atoms with Crippen LogP contribution in [0.2, 0.25) is 0 Å². The second kappa shape index (κ2) is 6.56. The quantitative estimate of drug-likeness (QED) is 0.896. The fourth-order valence-electron chi connectivity index (χ4n) is 2.73. The van der Waals surface area contributed by atoms with Crippen LogP contribution in [0.25, 0.3) is 0 Å². The van der Waals surface area contributed by atoms with Crippen LogP contribution >= 0.6 is 0 Å². The van der Waals surface area contributed by atoms with E-state index in [4.69, 9.17) is 5.11 Å². The van der Waals surface area contributed by atoms with Crippen LogP contribution in [0.1, 0.15) is 26.2 Å². The monoisotopic (exact) mass is 294 g/mol. The van der Waals surface area contributed by atoms with Gasteiger partial charge in [0, 0.05) is 18.3 Å². The van der Waals surface area contributed by atoms with Crippen LogP contribution in [0.3, 0.4) is 0 Å². The molecule has 0 radical (unpaired) electrons. The minimum Gasteiger partial charge on any atom is -0.481 e. The number of hydrogen-bond acceptors (Lipinski definition) is 2. The lowest BCUT2D eigenvalue weighted by Crippen LogP contribution is -2.47. The van der Waals surface area contributed by atoms with Crippen LogP contribution in [0.4, 0.5) is 14.9 Å². The molecule has 1 aliphatic carbocycles. The zero-order valence-electron chi connectivity index (χ0n) is 11.9. The lowest BCUT2D eigenvalue weighted by molar-refractivity contribution is -0.142. The summed E-state index contributed by atoms with van der Waals surface area (Å²) in [6.07, 6.45) is 2.05. The number of aliphatic carboxylic acids is 1. The van der Waals surface area contributed by atoms with Crippen molar-refractivity contribution in [2.75, 3.05) is 11.4 Å². The molecule has 0 spiro atoms. The first-order chi connectivity index (χ1) is 10.0. The van der Waals surface area contributed by atoms with E-state index in [0.717, 1.165) is 6.42 Å². The smallest absolute Gasteiger partial charge is 0.322 e. The first-order valence-corrected chi connectivity index (χ1v) is 7.09. The van der Waals surface area contributed by atoms with Crippen LogP contribution in [0.5, 0.6) is 0 Å². The van der Waals surface area contributed by atoms with Crippen molar-refractivity contribution in [1.82, 2.24) is 5.32 Å². The molecule has 1 aromatic rings. The number of urea groups is 1. The first-order valence-electron chi connectivity index (χ1n) is 7.09. The number of halogens is 1. The third-order valence-corrected chi connectivity index (χ3v) is 3.84. The van der Waals surface area contributed by atoms with Gasteiger partial charge in [0.25, 0.3) is 0 Å². The molecular weight excluding hydrogens is 275 g/mol. The molecule has 1 aliphatic rings. The van der Waals surface area contributed by atoms with E-state index in [1.807, 2.05) is 6.92 Å². The molecule has 0 heterocycles. The Kier molecular flexibility index (Phi) is 4.77. The van der Waals surface area contributed by atoms with Crippen molar-refractivity contribution in [2.45, 2.75) is 32.2 Å². The summed E-state index contributed by atoms with van der Waals surface area (Å²) in [6, 6.07) is 4.96. The molecule has 2 N–H and O–H groups in total. The maximum Gasteiger partial charge on any atom is 0.322 e. The van der Waals surface area contributed by atoms with Gasteiger partial charge in [0.2, 0.25) is 0 Å². The predicted octanol–water partition coefficient (Wildman–Crippen LogP) is 2.61. The van der Waals surface area contributed by atoms with E-state index in [2.05, 4.69) is 5.32 Å². The van der Waals surface area contributed by atoms with Crippen molar-refractivity contribution in [2.24, 2.45) is 5.92 Å². The zero-order chi connectivity index (χ0) is 15.4. The topological polar surface area (TPSA) is 69.6 Å². The third-order valence-electron chi connectivity index (χ3n) is 3.84. The number of benzene rings is 1. The largest absolute Gasteiger partial charge is 0.481 e. The van der Waals surface area contributed by atoms with Crippen molar-refractivity contribution >= 4 is 17.7 Å². The number of carbonyl (C=O) groups excluding carboxylic acids is 1. The molecule has 2 amide bonds. The van der Waals surface area contributed by atoms with Gasteiger partial charge in [0.1, 0.15) is 5.82 Å². The highest BCUT2D eigenvalue weighted by Gasteiger charge is 2.34. The molecule has 6 heteroatoms. The Hall–Kier alpha value is -2.11. The van der Waals surface area contributed by atoms with Gasteiger partial charge in [-0.15, -0.1) is 0 Å². The van der Waals surface area contributed by atoms with E-state index >= 15 is 0 Å². The fraction of sp³-hybridized carbons (Fsp3) is 0.467. The van der Waals surface area contributed by atoms with Gasteiger partial charge in [-0.25, -0.2) is 9.18 Å². The average Bonchev–Trinajstić information content (AvgIpc) is 2.90. The van der Waals surface area contributed by atoms with Crippen molar-refractivity contribution in [1.29, 1.82) is 0 Å². The Morgan fingerprint density at radius 3 is 2.57 bits per heavy atom. The number of carboxylic acids is 1. The predicted molar refractivity (Wildman–Crippen MR) is 76.7 cm³/mol. The number of hydrogen-bond donors (Lipinski definition) is 2. The summed E-state index contributed by atoms with van der Waals surface area (Å²) >= 11 is 0. The lowest BCUT2D eigenvalue weighted by Gasteiger charge is -2.25. The SMILES string of the molecule is CCN(C(=O)NC1CCCC1C(=O)O)c1ccc(F)cc1. The molecule has 1 saturated carbocycles. The maximum atomic E-state index is 12.9. The third kappa shape index (κ3) is 3.51. The number of nitrogens with one attached hydrogen (secondary N) is 1. The first kappa shape index (κ1) is 15.3. The van der Waals surface area contributed by atoms with E-state index in [1.165, 1.54) is 29.2 Å². The molecular formula is C15H19FN2O3. The summed E-state index contributed by atoms with van der Waals surface area (Å²) < 4.78 is 12.9. The van der Waals surface area contributed by atoms with E-state index in [-0.39, 0.29) is 17.9 Å². The Balaban J connectivity index is 2.06. The number of amides is 2. The van der Waals surface area contributed by atoms with Crippen molar-refractivity contribution in [3.63, 3.8) is 0 Å². The van der Waals surface area contributed by atoms with Gasteiger partial charge in [0.15, 0.2) is 0 Å². The van der Waals surface area contributed by atoms with Gasteiger partial charge in [0.05, 0.1) is 5.92 Å². The molecule has 2 atom stereocenters. The van der Waals surface area contributed by atoms with E-state index in [0.29, 0.717) is 25.1 Å². The Bertz CT molecular complexity index is 518. The molecule has 0 saturated heterocycles. The Morgan fingerprint density at radius 1 is 1.33 bits per heavy atom. The highest BCUT2D eigenvalue weighted by Crippen LogP contribution is 2.26. The second-order valence-corrected chi connectivity index (χ2v) is 5.15. The Labute approximate surface area is 122 Å². The van der Waals surface area contributed by atoms with Crippen LogP contribution in [-0.2, 0) is 4.79 Å². The number of carboxylic acid groups (broad SMARTS) is 1. The summed E-state index contributed by atoms with van der Waals surface area (Å²) in [5.41, 5.74) is 0.585. The highest BCUT2D eigenvalue weighted by atomic mass is 19.1. The molecule has 1 fully saturated rings. The standard InChI is InChI=1S/C15H19FN2O3/c1-2-18(11-8-6-10(16)7-9-11)15(21)17-13-5-3-4-12(13)14(19)20/h6-9,12-13H,2-5H2,1H3,(H,17,21)(H,19,20). The highest BCUT2D eigenvalue weighted by molar-refractivity contribution is 5.92. The second-order valence-electron chi connectivity index (χ2n) is 5.15. The molecule has 5 nitrogen and oxygen atoms in total. The normalized spacial score (nSPS) is 21.0. The summed E-state index contributed by atoms with van der Waals surface area (Å²) in [5, 5.41) is 11.9. The average molecular weight is 294 g/mol. The van der Waals surface area contributed by atoms with Crippen LogP contribution < -0.4 is 10.2 Å². The summed E-state index contributed by atoms with van der Waals surface area (Å²) in [4.78, 5) is 24.9. The molecule has 0 bridgehead atoms. The summed E-state index contributed by atoms with van der Waals surface area (Å²) in [7, 11) is 0. The van der Waals surface area contributed by atoms with Crippen molar-refractivity contribution in [3.8, 4) is 0 Å². The van der Waals surface area contributed by atoms with E-state index in [1.54, 1.807) is 0 Å². The minimum atomic E-state index is -0.873. The lowest BCUT2D eigenvalue weighted by atomic mass is 10.0. The van der Waals surface area contributed by atoms with Crippen LogP contribution in [0, 0.1) is 11.7 Å². The number of anilines is 1. The van der Waals surface area contributed by atoms with Gasteiger partial charge >= 0.3 is 12.0 Å².